The summed E-state index contributed by atoms with van der Waals surface area (Å²) >= 11 is 0. The summed E-state index contributed by atoms with van der Waals surface area (Å²) in [6.07, 6.45) is 5.89. The van der Waals surface area contributed by atoms with E-state index in [1.807, 2.05) is 12.3 Å². The van der Waals surface area contributed by atoms with Gasteiger partial charge >= 0.3 is 0 Å². The molecule has 0 aliphatic rings. The maximum Gasteiger partial charge on any atom is 0.160 e. The summed E-state index contributed by atoms with van der Waals surface area (Å²) in [5.41, 5.74) is 6.25. The van der Waals surface area contributed by atoms with Crippen molar-refractivity contribution in [3.8, 4) is 11.5 Å². The van der Waals surface area contributed by atoms with Crippen molar-refractivity contribution < 1.29 is 9.47 Å². The van der Waals surface area contributed by atoms with Gasteiger partial charge in [-0.05, 0) is 68.0 Å². The second-order valence-corrected chi connectivity index (χ2v) is 6.67. The van der Waals surface area contributed by atoms with E-state index in [2.05, 4.69) is 64.1 Å². The highest BCUT2D eigenvalue weighted by Crippen LogP contribution is 2.35. The molecule has 0 amide bonds. The molecule has 0 aliphatic heterocycles. The van der Waals surface area contributed by atoms with Crippen LogP contribution in [0.1, 0.15) is 48.4 Å². The van der Waals surface area contributed by atoms with Gasteiger partial charge in [0.1, 0.15) is 0 Å². The molecule has 0 heterocycles. The first-order valence-corrected chi connectivity index (χ1v) is 9.51. The number of methoxy groups -OCH3 is 2. The number of hydrogen-bond donors (Lipinski definition) is 0. The van der Waals surface area contributed by atoms with Crippen LogP contribution in [0.3, 0.4) is 0 Å². The van der Waals surface area contributed by atoms with Gasteiger partial charge < -0.3 is 9.47 Å². The van der Waals surface area contributed by atoms with Crippen LogP contribution in [-0.4, -0.2) is 20.4 Å². The molecule has 27 heavy (non-hydrogen) atoms. The average molecular weight is 366 g/mol. The highest BCUT2D eigenvalue weighted by molar-refractivity contribution is 5.59. The molecule has 2 rings (SSSR count). The lowest BCUT2D eigenvalue weighted by Crippen LogP contribution is -2.09. The van der Waals surface area contributed by atoms with Gasteiger partial charge in [0.05, 0.1) is 14.2 Å². The highest BCUT2D eigenvalue weighted by atomic mass is 16.5. The fourth-order valence-corrected chi connectivity index (χ4v) is 3.33. The molecular formula is C24H31NO2. The van der Waals surface area contributed by atoms with Crippen molar-refractivity contribution >= 4 is 6.21 Å². The molecule has 0 bridgehead atoms. The van der Waals surface area contributed by atoms with Gasteiger partial charge in [0.15, 0.2) is 11.5 Å². The lowest BCUT2D eigenvalue weighted by molar-refractivity contribution is 0.354. The van der Waals surface area contributed by atoms with Crippen molar-refractivity contribution in [2.24, 2.45) is 4.99 Å². The van der Waals surface area contributed by atoms with E-state index in [-0.39, 0.29) is 5.92 Å². The second-order valence-electron chi connectivity index (χ2n) is 6.67. The number of nitrogens with zero attached hydrogens (tertiary/aromatic N) is 1. The smallest absolute Gasteiger partial charge is 0.160 e. The SMILES string of the molecule is C/C=C(\N=CCC)C(Cc1ccc(OC)c(OC)c1)c1cccc(C)c1C. The quantitative estimate of drug-likeness (QED) is 0.535. The van der Waals surface area contributed by atoms with Crippen LogP contribution in [0.15, 0.2) is 53.2 Å². The predicted molar refractivity (Wildman–Crippen MR) is 114 cm³/mol. The van der Waals surface area contributed by atoms with Crippen LogP contribution in [0.2, 0.25) is 0 Å². The Morgan fingerprint density at radius 3 is 2.44 bits per heavy atom. The molecule has 0 N–H and O–H groups in total. The van der Waals surface area contributed by atoms with Crippen molar-refractivity contribution in [2.75, 3.05) is 14.2 Å². The Kier molecular flexibility index (Phi) is 7.66. The summed E-state index contributed by atoms with van der Waals surface area (Å²) in [6, 6.07) is 12.7. The van der Waals surface area contributed by atoms with Crippen LogP contribution in [-0.2, 0) is 6.42 Å². The first-order valence-electron chi connectivity index (χ1n) is 9.51. The molecule has 3 nitrogen and oxygen atoms in total. The lowest BCUT2D eigenvalue weighted by Gasteiger charge is -2.22. The van der Waals surface area contributed by atoms with Crippen molar-refractivity contribution in [3.63, 3.8) is 0 Å². The van der Waals surface area contributed by atoms with E-state index in [1.165, 1.54) is 22.3 Å². The number of ether oxygens (including phenoxy) is 2. The highest BCUT2D eigenvalue weighted by Gasteiger charge is 2.20. The lowest BCUT2D eigenvalue weighted by atomic mass is 9.85. The molecule has 1 unspecified atom stereocenters. The van der Waals surface area contributed by atoms with Gasteiger partial charge in [-0.1, -0.05) is 37.3 Å². The first kappa shape index (κ1) is 20.8. The summed E-state index contributed by atoms with van der Waals surface area (Å²) in [7, 11) is 3.33. The molecule has 0 saturated carbocycles. The number of allylic oxidation sites excluding steroid dienone is 2. The maximum atomic E-state index is 5.49. The fraction of sp³-hybridized carbons (Fsp3) is 0.375. The van der Waals surface area contributed by atoms with Crippen molar-refractivity contribution in [1.82, 2.24) is 0 Å². The number of hydrogen-bond acceptors (Lipinski definition) is 3. The molecule has 144 valence electrons. The molecule has 2 aromatic carbocycles. The van der Waals surface area contributed by atoms with E-state index in [4.69, 9.17) is 14.5 Å². The molecule has 3 heteroatoms. The van der Waals surface area contributed by atoms with Crippen LogP contribution in [0, 0.1) is 13.8 Å². The molecule has 0 spiro atoms. The Balaban J connectivity index is 2.50. The van der Waals surface area contributed by atoms with Gasteiger partial charge in [-0.15, -0.1) is 0 Å². The molecule has 0 aromatic heterocycles. The van der Waals surface area contributed by atoms with Crippen LogP contribution in [0.5, 0.6) is 11.5 Å². The predicted octanol–water partition coefficient (Wildman–Crippen LogP) is 6.03. The van der Waals surface area contributed by atoms with E-state index in [0.29, 0.717) is 0 Å². The van der Waals surface area contributed by atoms with Gasteiger partial charge in [-0.3, -0.25) is 4.99 Å². The van der Waals surface area contributed by atoms with E-state index >= 15 is 0 Å². The van der Waals surface area contributed by atoms with E-state index in [9.17, 15) is 0 Å². The largest absolute Gasteiger partial charge is 0.493 e. The topological polar surface area (TPSA) is 30.8 Å². The minimum atomic E-state index is 0.191. The Morgan fingerprint density at radius 2 is 1.81 bits per heavy atom. The van der Waals surface area contributed by atoms with Crippen LogP contribution in [0.25, 0.3) is 0 Å². The number of rotatable bonds is 8. The number of aryl methyl sites for hydroxylation is 1. The van der Waals surface area contributed by atoms with E-state index in [1.54, 1.807) is 14.2 Å². The van der Waals surface area contributed by atoms with Gasteiger partial charge in [-0.25, -0.2) is 0 Å². The van der Waals surface area contributed by atoms with Crippen LogP contribution < -0.4 is 9.47 Å². The minimum absolute atomic E-state index is 0.191. The number of benzene rings is 2. The molecule has 0 aliphatic carbocycles. The zero-order chi connectivity index (χ0) is 19.8. The summed E-state index contributed by atoms with van der Waals surface area (Å²) in [6.45, 7) is 8.53. The molecule has 0 radical (unpaired) electrons. The van der Waals surface area contributed by atoms with Crippen LogP contribution in [0.4, 0.5) is 0 Å². The van der Waals surface area contributed by atoms with E-state index in [0.717, 1.165) is 30.0 Å². The van der Waals surface area contributed by atoms with Crippen molar-refractivity contribution in [2.45, 2.75) is 46.5 Å². The average Bonchev–Trinajstić information content (AvgIpc) is 2.69. The number of aliphatic imine (C=N–C) groups is 1. The second kappa shape index (κ2) is 9.96. The summed E-state index contributed by atoms with van der Waals surface area (Å²) in [4.78, 5) is 4.76. The summed E-state index contributed by atoms with van der Waals surface area (Å²) < 4.78 is 10.9. The summed E-state index contributed by atoms with van der Waals surface area (Å²) in [5.74, 6) is 1.70. The van der Waals surface area contributed by atoms with Gasteiger partial charge in [0.25, 0.3) is 0 Å². The fourth-order valence-electron chi connectivity index (χ4n) is 3.33. The first-order chi connectivity index (χ1) is 13.0. The van der Waals surface area contributed by atoms with E-state index < -0.39 is 0 Å². The van der Waals surface area contributed by atoms with Crippen LogP contribution >= 0.6 is 0 Å². The molecular weight excluding hydrogens is 334 g/mol. The Morgan fingerprint density at radius 1 is 1.07 bits per heavy atom. The summed E-state index contributed by atoms with van der Waals surface area (Å²) in [5, 5.41) is 0. The third-order valence-corrected chi connectivity index (χ3v) is 4.99. The van der Waals surface area contributed by atoms with Crippen molar-refractivity contribution in [3.05, 3.63) is 70.4 Å². The van der Waals surface area contributed by atoms with Gasteiger partial charge in [0, 0.05) is 17.8 Å². The third-order valence-electron chi connectivity index (χ3n) is 4.99. The minimum Gasteiger partial charge on any atom is -0.493 e. The van der Waals surface area contributed by atoms with Gasteiger partial charge in [0.2, 0.25) is 0 Å². The maximum absolute atomic E-state index is 5.49. The normalized spacial score (nSPS) is 13.0. The Hall–Kier alpha value is -2.55. The standard InChI is InChI=1S/C24H31NO2/c1-7-14-25-22(8-2)21(20-11-9-10-17(3)18(20)4)15-19-12-13-23(26-5)24(16-19)27-6/h8-14,16,21H,7,15H2,1-6H3/b22-8-,25-14?. The van der Waals surface area contributed by atoms with Gasteiger partial charge in [-0.2, -0.15) is 0 Å². The molecule has 0 saturated heterocycles. The monoisotopic (exact) mass is 365 g/mol. The zero-order valence-corrected chi connectivity index (χ0v) is 17.4. The Labute approximate surface area is 163 Å². The third kappa shape index (κ3) is 5.00. The zero-order valence-electron chi connectivity index (χ0n) is 17.4. The molecule has 1 atom stereocenters. The van der Waals surface area contributed by atoms with Crippen molar-refractivity contribution in [1.29, 1.82) is 0 Å². The molecule has 2 aromatic rings. The Bertz CT molecular complexity index is 821. The molecule has 0 fully saturated rings.